The second kappa shape index (κ2) is 4.80. The average molecular weight is 299 g/mol. The molecule has 0 aliphatic carbocycles. The lowest BCUT2D eigenvalue weighted by atomic mass is 10.1. The van der Waals surface area contributed by atoms with Crippen LogP contribution in [0.4, 0.5) is 0 Å². The minimum atomic E-state index is -0.780. The second-order valence-corrected chi connectivity index (χ2v) is 5.00. The maximum atomic E-state index is 12.3. The smallest absolute Gasteiger partial charge is 0.324 e. The first-order chi connectivity index (χ1) is 10.4. The van der Waals surface area contributed by atoms with Gasteiger partial charge in [0.15, 0.2) is 0 Å². The van der Waals surface area contributed by atoms with E-state index in [-0.39, 0.29) is 16.7 Å². The highest BCUT2D eigenvalue weighted by Gasteiger charge is 2.39. The summed E-state index contributed by atoms with van der Waals surface area (Å²) in [6.45, 7) is 3.37. The van der Waals surface area contributed by atoms with Gasteiger partial charge >= 0.3 is 5.97 Å². The van der Waals surface area contributed by atoms with Crippen molar-refractivity contribution in [3.8, 4) is 0 Å². The standard InChI is InChI=1S/C15H13N3O4/c1-8-12(9(2)17(3)16-8)15(21)22-18-13(19)10-6-4-5-7-11(10)14(18)20/h4-7H,1-3H3. The summed E-state index contributed by atoms with van der Waals surface area (Å²) in [5.74, 6) is -2.07. The molecule has 7 nitrogen and oxygen atoms in total. The number of amides is 2. The quantitative estimate of drug-likeness (QED) is 0.783. The lowest BCUT2D eigenvalue weighted by Crippen LogP contribution is -2.33. The molecule has 1 aromatic heterocycles. The molecule has 1 aliphatic rings. The topological polar surface area (TPSA) is 81.5 Å². The van der Waals surface area contributed by atoms with Gasteiger partial charge in [-0.2, -0.15) is 5.10 Å². The van der Waals surface area contributed by atoms with Gasteiger partial charge in [-0.05, 0) is 26.0 Å². The first kappa shape index (κ1) is 14.0. The van der Waals surface area contributed by atoms with Crippen molar-refractivity contribution in [3.63, 3.8) is 0 Å². The van der Waals surface area contributed by atoms with E-state index in [1.807, 2.05) is 0 Å². The van der Waals surface area contributed by atoms with Gasteiger partial charge in [0.1, 0.15) is 5.56 Å². The predicted octanol–water partition coefficient (Wildman–Crippen LogP) is 1.40. The molecule has 0 saturated heterocycles. The first-order valence-corrected chi connectivity index (χ1v) is 6.62. The summed E-state index contributed by atoms with van der Waals surface area (Å²) < 4.78 is 1.54. The van der Waals surface area contributed by atoms with Gasteiger partial charge in [-0.1, -0.05) is 17.2 Å². The third-order valence-corrected chi connectivity index (χ3v) is 3.64. The van der Waals surface area contributed by atoms with Crippen LogP contribution in [-0.4, -0.2) is 32.6 Å². The van der Waals surface area contributed by atoms with Gasteiger partial charge < -0.3 is 4.84 Å². The number of hydrogen-bond donors (Lipinski definition) is 0. The fourth-order valence-corrected chi connectivity index (χ4v) is 2.45. The maximum Gasteiger partial charge on any atom is 0.367 e. The zero-order chi connectivity index (χ0) is 16.0. The SMILES string of the molecule is Cc1nn(C)c(C)c1C(=O)ON1C(=O)c2ccccc2C1=O. The summed E-state index contributed by atoms with van der Waals surface area (Å²) in [4.78, 5) is 41.6. The molecule has 2 aromatic rings. The number of aromatic nitrogens is 2. The van der Waals surface area contributed by atoms with Crippen LogP contribution in [0.25, 0.3) is 0 Å². The number of hydroxylamine groups is 2. The van der Waals surface area contributed by atoms with Crippen molar-refractivity contribution < 1.29 is 19.2 Å². The Morgan fingerprint density at radius 1 is 1.09 bits per heavy atom. The zero-order valence-corrected chi connectivity index (χ0v) is 12.3. The molecular weight excluding hydrogens is 286 g/mol. The van der Waals surface area contributed by atoms with Crippen LogP contribution in [-0.2, 0) is 11.9 Å². The van der Waals surface area contributed by atoms with Gasteiger partial charge in [-0.25, -0.2) is 4.79 Å². The lowest BCUT2D eigenvalue weighted by Gasteiger charge is -2.12. The van der Waals surface area contributed by atoms with Crippen molar-refractivity contribution in [1.29, 1.82) is 0 Å². The van der Waals surface area contributed by atoms with Crippen LogP contribution in [0.1, 0.15) is 42.5 Å². The molecule has 22 heavy (non-hydrogen) atoms. The summed E-state index contributed by atoms with van der Waals surface area (Å²) in [5.41, 5.74) is 1.76. The molecule has 0 N–H and O–H groups in total. The molecule has 0 saturated carbocycles. The van der Waals surface area contributed by atoms with Crippen LogP contribution < -0.4 is 0 Å². The minimum absolute atomic E-state index is 0.222. The van der Waals surface area contributed by atoms with Crippen molar-refractivity contribution in [2.75, 3.05) is 0 Å². The first-order valence-electron chi connectivity index (χ1n) is 6.62. The van der Waals surface area contributed by atoms with E-state index in [9.17, 15) is 14.4 Å². The Morgan fingerprint density at radius 3 is 2.09 bits per heavy atom. The van der Waals surface area contributed by atoms with Gasteiger partial charge in [0.25, 0.3) is 11.8 Å². The van der Waals surface area contributed by atoms with Crippen molar-refractivity contribution in [2.24, 2.45) is 7.05 Å². The van der Waals surface area contributed by atoms with Crippen molar-refractivity contribution in [1.82, 2.24) is 14.8 Å². The Morgan fingerprint density at radius 2 is 1.64 bits per heavy atom. The second-order valence-electron chi connectivity index (χ2n) is 5.00. The highest BCUT2D eigenvalue weighted by molar-refractivity contribution is 6.21. The molecule has 2 heterocycles. The number of rotatable bonds is 2. The van der Waals surface area contributed by atoms with E-state index in [4.69, 9.17) is 4.84 Å². The van der Waals surface area contributed by atoms with Crippen LogP contribution in [0.2, 0.25) is 0 Å². The molecule has 0 spiro atoms. The van der Waals surface area contributed by atoms with E-state index in [0.717, 1.165) is 0 Å². The molecule has 7 heteroatoms. The summed E-state index contributed by atoms with van der Waals surface area (Å²) >= 11 is 0. The number of carbonyl (C=O) groups excluding carboxylic acids is 3. The van der Waals surface area contributed by atoms with E-state index in [0.29, 0.717) is 16.5 Å². The lowest BCUT2D eigenvalue weighted by molar-refractivity contribution is -0.0585. The number of imide groups is 1. The molecule has 0 unspecified atom stereocenters. The largest absolute Gasteiger partial charge is 0.367 e. The molecule has 1 aromatic carbocycles. The molecular formula is C15H13N3O4. The van der Waals surface area contributed by atoms with E-state index in [1.165, 1.54) is 16.8 Å². The predicted molar refractivity (Wildman–Crippen MR) is 75.0 cm³/mol. The van der Waals surface area contributed by atoms with Crippen LogP contribution in [0.5, 0.6) is 0 Å². The third-order valence-electron chi connectivity index (χ3n) is 3.64. The Bertz CT molecular complexity index is 787. The molecule has 0 radical (unpaired) electrons. The van der Waals surface area contributed by atoms with E-state index in [1.54, 1.807) is 33.0 Å². The molecule has 3 rings (SSSR count). The Labute approximate surface area is 126 Å². The monoisotopic (exact) mass is 299 g/mol. The van der Waals surface area contributed by atoms with Gasteiger partial charge in [-0.3, -0.25) is 14.3 Å². The number of fused-ring (bicyclic) bond motifs is 1. The normalized spacial score (nSPS) is 13.5. The number of benzene rings is 1. The van der Waals surface area contributed by atoms with Gasteiger partial charge in [0, 0.05) is 12.7 Å². The Kier molecular flexibility index (Phi) is 3.05. The van der Waals surface area contributed by atoms with Gasteiger partial charge in [-0.15, -0.1) is 0 Å². The summed E-state index contributed by atoms with van der Waals surface area (Å²) in [6.07, 6.45) is 0. The summed E-state index contributed by atoms with van der Waals surface area (Å²) in [6, 6.07) is 6.32. The van der Waals surface area contributed by atoms with Crippen molar-refractivity contribution in [2.45, 2.75) is 13.8 Å². The Hall–Kier alpha value is -2.96. The molecule has 0 bridgehead atoms. The molecule has 112 valence electrons. The van der Waals surface area contributed by atoms with E-state index < -0.39 is 17.8 Å². The van der Waals surface area contributed by atoms with Crippen molar-refractivity contribution >= 4 is 17.8 Å². The number of aryl methyl sites for hydroxylation is 2. The number of carbonyl (C=O) groups is 3. The van der Waals surface area contributed by atoms with E-state index >= 15 is 0 Å². The molecule has 1 aliphatic heterocycles. The van der Waals surface area contributed by atoms with Crippen LogP contribution in [0.3, 0.4) is 0 Å². The van der Waals surface area contributed by atoms with E-state index in [2.05, 4.69) is 5.10 Å². The van der Waals surface area contributed by atoms with Crippen LogP contribution in [0, 0.1) is 13.8 Å². The molecule has 0 atom stereocenters. The average Bonchev–Trinajstić information content (AvgIpc) is 2.88. The van der Waals surface area contributed by atoms with Gasteiger partial charge in [0.05, 0.1) is 16.8 Å². The Balaban J connectivity index is 1.90. The highest BCUT2D eigenvalue weighted by atomic mass is 16.7. The molecule has 0 fully saturated rings. The highest BCUT2D eigenvalue weighted by Crippen LogP contribution is 2.24. The molecule has 2 amide bonds. The fraction of sp³-hybridized carbons (Fsp3) is 0.200. The summed E-state index contributed by atoms with van der Waals surface area (Å²) in [7, 11) is 1.70. The maximum absolute atomic E-state index is 12.3. The third kappa shape index (κ3) is 1.90. The fourth-order valence-electron chi connectivity index (χ4n) is 2.45. The van der Waals surface area contributed by atoms with Crippen LogP contribution in [0.15, 0.2) is 24.3 Å². The van der Waals surface area contributed by atoms with Gasteiger partial charge in [0.2, 0.25) is 0 Å². The van der Waals surface area contributed by atoms with Crippen molar-refractivity contribution in [3.05, 3.63) is 52.3 Å². The van der Waals surface area contributed by atoms with Crippen LogP contribution >= 0.6 is 0 Å². The number of hydrogen-bond acceptors (Lipinski definition) is 5. The number of nitrogens with zero attached hydrogens (tertiary/aromatic N) is 3. The minimum Gasteiger partial charge on any atom is -0.324 e. The summed E-state index contributed by atoms with van der Waals surface area (Å²) in [5, 5.41) is 4.61. The zero-order valence-electron chi connectivity index (χ0n) is 12.3.